The molecular formula is C23H18F2N2O4. The van der Waals surface area contributed by atoms with Crippen molar-refractivity contribution in [2.45, 2.75) is 6.10 Å². The number of halogens is 2. The Kier molecular flexibility index (Phi) is 7.05. The Labute approximate surface area is 176 Å². The van der Waals surface area contributed by atoms with Crippen LogP contribution in [0.2, 0.25) is 0 Å². The van der Waals surface area contributed by atoms with Crippen molar-refractivity contribution in [1.29, 1.82) is 0 Å². The summed E-state index contributed by atoms with van der Waals surface area (Å²) in [4.78, 5) is 37.1. The highest BCUT2D eigenvalue weighted by atomic mass is 19.1. The number of hydrogen-bond donors (Lipinski definition) is 2. The minimum Gasteiger partial charge on any atom is -0.446 e. The van der Waals surface area contributed by atoms with Crippen LogP contribution in [0.3, 0.4) is 0 Å². The average molecular weight is 424 g/mol. The van der Waals surface area contributed by atoms with Gasteiger partial charge in [0.05, 0.1) is 5.56 Å². The molecule has 0 saturated carbocycles. The topological polar surface area (TPSA) is 84.5 Å². The van der Waals surface area contributed by atoms with Gasteiger partial charge in [0.25, 0.3) is 11.8 Å². The van der Waals surface area contributed by atoms with E-state index in [9.17, 15) is 23.2 Å². The summed E-state index contributed by atoms with van der Waals surface area (Å²) in [5, 5.41) is 4.82. The summed E-state index contributed by atoms with van der Waals surface area (Å²) in [5.74, 6) is -3.54. The van der Waals surface area contributed by atoms with Crippen LogP contribution in [0.15, 0.2) is 78.9 Å². The molecule has 0 aromatic heterocycles. The van der Waals surface area contributed by atoms with E-state index in [-0.39, 0.29) is 5.56 Å². The second-order valence-electron chi connectivity index (χ2n) is 6.44. The Morgan fingerprint density at radius 2 is 1.48 bits per heavy atom. The lowest BCUT2D eigenvalue weighted by atomic mass is 10.1. The number of amides is 2. The zero-order valence-electron chi connectivity index (χ0n) is 16.2. The van der Waals surface area contributed by atoms with Gasteiger partial charge in [0, 0.05) is 11.3 Å². The van der Waals surface area contributed by atoms with Crippen molar-refractivity contribution < 1.29 is 27.9 Å². The molecule has 2 amide bonds. The number of anilines is 1. The van der Waals surface area contributed by atoms with Crippen molar-refractivity contribution >= 4 is 23.5 Å². The monoisotopic (exact) mass is 424 g/mol. The predicted octanol–water partition coefficient (Wildman–Crippen LogP) is 3.62. The lowest BCUT2D eigenvalue weighted by Gasteiger charge is -2.18. The molecule has 1 atom stereocenters. The number of benzene rings is 3. The van der Waals surface area contributed by atoms with Crippen molar-refractivity contribution in [2.24, 2.45) is 0 Å². The minimum atomic E-state index is -1.32. The molecule has 0 saturated heterocycles. The molecule has 0 aliphatic heterocycles. The largest absolute Gasteiger partial charge is 0.446 e. The van der Waals surface area contributed by atoms with E-state index in [1.165, 1.54) is 42.5 Å². The molecule has 2 N–H and O–H groups in total. The Morgan fingerprint density at radius 1 is 0.839 bits per heavy atom. The van der Waals surface area contributed by atoms with Crippen LogP contribution in [-0.4, -0.2) is 24.3 Å². The quantitative estimate of drug-likeness (QED) is 0.568. The van der Waals surface area contributed by atoms with Gasteiger partial charge in [0.2, 0.25) is 6.10 Å². The number of carbonyl (C=O) groups excluding carboxylic acids is 3. The van der Waals surface area contributed by atoms with Gasteiger partial charge in [-0.15, -0.1) is 0 Å². The maximum atomic E-state index is 13.7. The first kappa shape index (κ1) is 21.6. The number of rotatable bonds is 7. The number of ether oxygens (including phenoxy) is 1. The highest BCUT2D eigenvalue weighted by Gasteiger charge is 2.25. The molecule has 0 radical (unpaired) electrons. The van der Waals surface area contributed by atoms with Gasteiger partial charge in [0.15, 0.2) is 0 Å². The van der Waals surface area contributed by atoms with Crippen LogP contribution in [0.1, 0.15) is 22.0 Å². The molecule has 0 bridgehead atoms. The SMILES string of the molecule is O=C(CNC(=O)c1ccccc1F)OC(C(=O)Nc1ccc(F)cc1)c1ccccc1. The smallest absolute Gasteiger partial charge is 0.326 e. The molecule has 0 heterocycles. The van der Waals surface area contributed by atoms with Gasteiger partial charge in [-0.3, -0.25) is 14.4 Å². The van der Waals surface area contributed by atoms with Crippen molar-refractivity contribution in [3.63, 3.8) is 0 Å². The molecule has 3 aromatic rings. The molecule has 0 aliphatic carbocycles. The van der Waals surface area contributed by atoms with Crippen LogP contribution in [0.25, 0.3) is 0 Å². The Morgan fingerprint density at radius 3 is 2.16 bits per heavy atom. The van der Waals surface area contributed by atoms with Crippen LogP contribution in [-0.2, 0) is 14.3 Å². The molecule has 8 heteroatoms. The maximum Gasteiger partial charge on any atom is 0.326 e. The lowest BCUT2D eigenvalue weighted by molar-refractivity contribution is -0.153. The second kappa shape index (κ2) is 10.1. The fourth-order valence-corrected chi connectivity index (χ4v) is 2.71. The molecule has 0 aliphatic rings. The van der Waals surface area contributed by atoms with Crippen molar-refractivity contribution in [2.75, 3.05) is 11.9 Å². The minimum absolute atomic E-state index is 0.219. The third-order valence-corrected chi connectivity index (χ3v) is 4.21. The predicted molar refractivity (Wildman–Crippen MR) is 109 cm³/mol. The van der Waals surface area contributed by atoms with E-state index in [4.69, 9.17) is 4.74 Å². The zero-order valence-corrected chi connectivity index (χ0v) is 16.2. The van der Waals surface area contributed by atoms with Gasteiger partial charge in [-0.2, -0.15) is 0 Å². The second-order valence-corrected chi connectivity index (χ2v) is 6.44. The van der Waals surface area contributed by atoms with Crippen molar-refractivity contribution in [3.05, 3.63) is 102 Å². The van der Waals surface area contributed by atoms with E-state index in [0.29, 0.717) is 11.3 Å². The van der Waals surface area contributed by atoms with E-state index < -0.39 is 42.1 Å². The zero-order chi connectivity index (χ0) is 22.2. The molecule has 0 fully saturated rings. The fraction of sp³-hybridized carbons (Fsp3) is 0.0870. The normalized spacial score (nSPS) is 11.3. The van der Waals surface area contributed by atoms with Crippen molar-refractivity contribution in [3.8, 4) is 0 Å². The molecule has 0 spiro atoms. The summed E-state index contributed by atoms with van der Waals surface area (Å²) in [7, 11) is 0. The van der Waals surface area contributed by atoms with Gasteiger partial charge in [-0.05, 0) is 36.4 Å². The molecule has 3 rings (SSSR count). The van der Waals surface area contributed by atoms with Crippen LogP contribution >= 0.6 is 0 Å². The van der Waals surface area contributed by atoms with E-state index in [2.05, 4.69) is 10.6 Å². The maximum absolute atomic E-state index is 13.7. The average Bonchev–Trinajstić information content (AvgIpc) is 2.78. The summed E-state index contributed by atoms with van der Waals surface area (Å²) >= 11 is 0. The van der Waals surface area contributed by atoms with Crippen LogP contribution in [0.4, 0.5) is 14.5 Å². The standard InChI is InChI=1S/C23H18F2N2O4/c24-16-10-12-17(13-11-16)27-23(30)21(15-6-2-1-3-7-15)31-20(28)14-26-22(29)18-8-4-5-9-19(18)25/h1-13,21H,14H2,(H,26,29)(H,27,30). The Balaban J connectivity index is 1.67. The third-order valence-electron chi connectivity index (χ3n) is 4.21. The number of nitrogens with one attached hydrogen (secondary N) is 2. The highest BCUT2D eigenvalue weighted by Crippen LogP contribution is 2.20. The Bertz CT molecular complexity index is 1070. The van der Waals surface area contributed by atoms with Crippen LogP contribution in [0.5, 0.6) is 0 Å². The molecule has 3 aromatic carbocycles. The Hall–Kier alpha value is -4.07. The van der Waals surface area contributed by atoms with E-state index in [1.807, 2.05) is 0 Å². The summed E-state index contributed by atoms with van der Waals surface area (Å²) in [6, 6.07) is 18.7. The molecule has 31 heavy (non-hydrogen) atoms. The summed E-state index contributed by atoms with van der Waals surface area (Å²) in [6.07, 6.45) is -1.32. The van der Waals surface area contributed by atoms with Gasteiger partial charge in [0.1, 0.15) is 18.2 Å². The lowest BCUT2D eigenvalue weighted by Crippen LogP contribution is -2.34. The van der Waals surface area contributed by atoms with Crippen LogP contribution in [0, 0.1) is 11.6 Å². The first-order chi connectivity index (χ1) is 14.9. The van der Waals surface area contributed by atoms with E-state index in [1.54, 1.807) is 30.3 Å². The van der Waals surface area contributed by atoms with Gasteiger partial charge in [-0.25, -0.2) is 8.78 Å². The van der Waals surface area contributed by atoms with E-state index >= 15 is 0 Å². The number of hydrogen-bond acceptors (Lipinski definition) is 4. The van der Waals surface area contributed by atoms with Crippen molar-refractivity contribution in [1.82, 2.24) is 5.32 Å². The summed E-state index contributed by atoms with van der Waals surface area (Å²) in [6.45, 7) is -0.569. The molecule has 1 unspecified atom stereocenters. The molecule has 6 nitrogen and oxygen atoms in total. The molecular weight excluding hydrogens is 406 g/mol. The third kappa shape index (κ3) is 5.96. The first-order valence-electron chi connectivity index (χ1n) is 9.27. The van der Waals surface area contributed by atoms with Gasteiger partial charge < -0.3 is 15.4 Å². The molecule has 158 valence electrons. The summed E-state index contributed by atoms with van der Waals surface area (Å²) in [5.41, 5.74) is 0.496. The fourth-order valence-electron chi connectivity index (χ4n) is 2.71. The highest BCUT2D eigenvalue weighted by molar-refractivity contribution is 5.98. The van der Waals surface area contributed by atoms with E-state index in [0.717, 1.165) is 6.07 Å². The number of esters is 1. The number of carbonyl (C=O) groups is 3. The van der Waals surface area contributed by atoms with Gasteiger partial charge in [-0.1, -0.05) is 42.5 Å². The van der Waals surface area contributed by atoms with Crippen LogP contribution < -0.4 is 10.6 Å². The first-order valence-corrected chi connectivity index (χ1v) is 9.27. The van der Waals surface area contributed by atoms with Gasteiger partial charge >= 0.3 is 5.97 Å². The summed E-state index contributed by atoms with van der Waals surface area (Å²) < 4.78 is 32.0.